The number of carbonyl (C=O) groups excluding carboxylic acids is 1. The fourth-order valence-electron chi connectivity index (χ4n) is 2.19. The Bertz CT molecular complexity index is 969. The summed E-state index contributed by atoms with van der Waals surface area (Å²) in [6, 6.07) is 9.60. The smallest absolute Gasteiger partial charge is 0.298 e. The third kappa shape index (κ3) is 2.18. The van der Waals surface area contributed by atoms with Crippen LogP contribution in [0, 0.1) is 0 Å². The summed E-state index contributed by atoms with van der Waals surface area (Å²) in [5.41, 5.74) is 6.91. The average Bonchev–Trinajstić information content (AvgIpc) is 3.14. The monoisotopic (exact) mass is 319 g/mol. The number of fused-ring (bicyclic) bond motifs is 1. The zero-order valence-electron chi connectivity index (χ0n) is 11.6. The Hall–Kier alpha value is -2.58. The molecular weight excluding hydrogens is 306 g/mol. The number of aromatic nitrogens is 1. The van der Waals surface area contributed by atoms with Gasteiger partial charge in [-0.05, 0) is 31.3 Å². The first-order valence-electron chi connectivity index (χ1n) is 6.37. The summed E-state index contributed by atoms with van der Waals surface area (Å²) in [4.78, 5) is 12.5. The Balaban J connectivity index is 2.08. The summed E-state index contributed by atoms with van der Waals surface area (Å²) in [5, 5.41) is 0.491. The van der Waals surface area contributed by atoms with E-state index in [4.69, 9.17) is 10.2 Å². The Labute approximate surface area is 126 Å². The van der Waals surface area contributed by atoms with Crippen LogP contribution in [0.2, 0.25) is 0 Å². The Morgan fingerprint density at radius 1 is 1.23 bits per heavy atom. The number of hydrogen-bond acceptors (Lipinski definition) is 5. The second kappa shape index (κ2) is 5.00. The molecule has 0 saturated heterocycles. The van der Waals surface area contributed by atoms with E-state index in [9.17, 15) is 13.2 Å². The van der Waals surface area contributed by atoms with Gasteiger partial charge in [0.15, 0.2) is 5.76 Å². The predicted molar refractivity (Wildman–Crippen MR) is 81.0 cm³/mol. The molecule has 0 amide bonds. The average molecular weight is 319 g/mol. The lowest BCUT2D eigenvalue weighted by Crippen LogP contribution is -2.18. The number of benzene rings is 1. The van der Waals surface area contributed by atoms with Crippen LogP contribution in [0.4, 0.5) is 5.69 Å². The van der Waals surface area contributed by atoms with Crippen molar-refractivity contribution in [2.45, 2.75) is 5.09 Å². The van der Waals surface area contributed by atoms with Gasteiger partial charge in [0.1, 0.15) is 0 Å². The summed E-state index contributed by atoms with van der Waals surface area (Å²) in [6.45, 7) is 0. The number of sulfonamides is 1. The fraction of sp³-hybridized carbons (Fsp3) is 0.0714. The predicted octanol–water partition coefficient (Wildman–Crippen LogP) is 1.41. The Morgan fingerprint density at radius 2 is 2.00 bits per heavy atom. The molecule has 22 heavy (non-hydrogen) atoms. The van der Waals surface area contributed by atoms with Gasteiger partial charge in [0.2, 0.25) is 5.09 Å². The molecule has 0 saturated carbocycles. The molecule has 8 heteroatoms. The van der Waals surface area contributed by atoms with Crippen LogP contribution in [0.25, 0.3) is 10.9 Å². The van der Waals surface area contributed by atoms with Crippen LogP contribution in [0.5, 0.6) is 0 Å². The van der Waals surface area contributed by atoms with Gasteiger partial charge in [-0.2, -0.15) is 0 Å². The van der Waals surface area contributed by atoms with Crippen molar-refractivity contribution < 1.29 is 17.6 Å². The quantitative estimate of drug-likeness (QED) is 0.710. The minimum absolute atomic E-state index is 0.0884. The number of anilines is 1. The van der Waals surface area contributed by atoms with Gasteiger partial charge in [-0.25, -0.2) is 13.1 Å². The molecule has 0 unspecified atom stereocenters. The number of carbonyl (C=O) groups is 1. The van der Waals surface area contributed by atoms with Crippen LogP contribution >= 0.6 is 0 Å². The van der Waals surface area contributed by atoms with E-state index in [0.717, 1.165) is 5.39 Å². The van der Waals surface area contributed by atoms with E-state index in [0.29, 0.717) is 11.2 Å². The first-order valence-corrected chi connectivity index (χ1v) is 7.86. The van der Waals surface area contributed by atoms with E-state index >= 15 is 0 Å². The van der Waals surface area contributed by atoms with Crippen molar-refractivity contribution in [1.82, 2.24) is 9.29 Å². The molecule has 114 valence electrons. The lowest BCUT2D eigenvalue weighted by Gasteiger charge is -2.04. The van der Waals surface area contributed by atoms with E-state index in [2.05, 4.69) is 4.72 Å². The molecular formula is C14H13N3O4S. The molecule has 0 aliphatic carbocycles. The molecule has 7 nitrogen and oxygen atoms in total. The van der Waals surface area contributed by atoms with Gasteiger partial charge in [0.25, 0.3) is 15.9 Å². The molecule has 0 radical (unpaired) electrons. The summed E-state index contributed by atoms with van der Waals surface area (Å²) in [6.07, 6.45) is 1.57. The van der Waals surface area contributed by atoms with Crippen molar-refractivity contribution in [3.05, 3.63) is 48.4 Å². The molecule has 0 bridgehead atoms. The van der Waals surface area contributed by atoms with Gasteiger partial charge in [0.05, 0.1) is 11.2 Å². The molecule has 3 N–H and O–H groups in total. The molecule has 0 aliphatic rings. The van der Waals surface area contributed by atoms with Crippen molar-refractivity contribution in [2.75, 3.05) is 12.8 Å². The number of nitrogen functional groups attached to an aromatic ring is 1. The molecule has 3 aromatic rings. The normalized spacial score (nSPS) is 11.9. The van der Waals surface area contributed by atoms with Gasteiger partial charge >= 0.3 is 0 Å². The highest BCUT2D eigenvalue weighted by Gasteiger charge is 2.21. The maximum atomic E-state index is 12.5. The summed E-state index contributed by atoms with van der Waals surface area (Å²) in [5.74, 6) is -0.583. The third-order valence-corrected chi connectivity index (χ3v) is 4.57. The molecule has 1 aromatic carbocycles. The van der Waals surface area contributed by atoms with Crippen LogP contribution < -0.4 is 10.5 Å². The minimum Gasteiger partial charge on any atom is -0.438 e. The van der Waals surface area contributed by atoms with Crippen molar-refractivity contribution in [3.8, 4) is 0 Å². The number of furan rings is 1. The van der Waals surface area contributed by atoms with Crippen molar-refractivity contribution >= 4 is 32.5 Å². The number of nitrogens with one attached hydrogen (secondary N) is 1. The SMILES string of the molecule is CNS(=O)(=O)c1ccc(C(=O)n2ccc3cccc(N)c32)o1. The summed E-state index contributed by atoms with van der Waals surface area (Å²) >= 11 is 0. The van der Waals surface area contributed by atoms with Crippen molar-refractivity contribution in [3.63, 3.8) is 0 Å². The van der Waals surface area contributed by atoms with Gasteiger partial charge in [-0.15, -0.1) is 0 Å². The summed E-state index contributed by atoms with van der Waals surface area (Å²) < 4.78 is 31.9. The lowest BCUT2D eigenvalue weighted by molar-refractivity contribution is 0.0932. The highest BCUT2D eigenvalue weighted by molar-refractivity contribution is 7.89. The number of nitrogens with two attached hydrogens (primary N) is 1. The highest BCUT2D eigenvalue weighted by atomic mass is 32.2. The second-order valence-electron chi connectivity index (χ2n) is 4.60. The standard InChI is InChI=1S/C14H13N3O4S/c1-16-22(19,20)12-6-5-11(21-12)14(18)17-8-7-9-3-2-4-10(15)13(9)17/h2-8,16H,15H2,1H3. The van der Waals surface area contributed by atoms with Crippen LogP contribution in [0.1, 0.15) is 10.6 Å². The largest absolute Gasteiger partial charge is 0.438 e. The number of rotatable bonds is 3. The first-order chi connectivity index (χ1) is 10.4. The zero-order chi connectivity index (χ0) is 15.9. The van der Waals surface area contributed by atoms with E-state index < -0.39 is 15.9 Å². The van der Waals surface area contributed by atoms with Crippen LogP contribution in [-0.2, 0) is 10.0 Å². The van der Waals surface area contributed by atoms with Crippen LogP contribution in [0.3, 0.4) is 0 Å². The lowest BCUT2D eigenvalue weighted by atomic mass is 10.2. The highest BCUT2D eigenvalue weighted by Crippen LogP contribution is 2.24. The van der Waals surface area contributed by atoms with E-state index in [1.54, 1.807) is 24.4 Å². The molecule has 0 aliphatic heterocycles. The van der Waals surface area contributed by atoms with Gasteiger partial charge in [-0.3, -0.25) is 9.36 Å². The Morgan fingerprint density at radius 3 is 2.73 bits per heavy atom. The number of para-hydroxylation sites is 1. The van der Waals surface area contributed by atoms with Crippen molar-refractivity contribution in [2.24, 2.45) is 0 Å². The van der Waals surface area contributed by atoms with Crippen LogP contribution in [-0.4, -0.2) is 25.9 Å². The van der Waals surface area contributed by atoms with E-state index in [1.165, 1.54) is 23.7 Å². The maximum absolute atomic E-state index is 12.5. The van der Waals surface area contributed by atoms with Gasteiger partial charge in [0, 0.05) is 11.6 Å². The van der Waals surface area contributed by atoms with Gasteiger partial charge in [-0.1, -0.05) is 12.1 Å². The maximum Gasteiger partial charge on any atom is 0.298 e. The molecule has 0 spiro atoms. The topological polar surface area (TPSA) is 107 Å². The van der Waals surface area contributed by atoms with E-state index in [1.807, 2.05) is 6.07 Å². The third-order valence-electron chi connectivity index (χ3n) is 3.29. The van der Waals surface area contributed by atoms with Crippen LogP contribution in [0.15, 0.2) is 52.1 Å². The molecule has 0 atom stereocenters. The molecule has 2 aromatic heterocycles. The number of hydrogen-bond donors (Lipinski definition) is 2. The zero-order valence-corrected chi connectivity index (χ0v) is 12.4. The number of nitrogens with zero attached hydrogens (tertiary/aromatic N) is 1. The van der Waals surface area contributed by atoms with E-state index in [-0.39, 0.29) is 10.9 Å². The minimum atomic E-state index is -3.73. The first kappa shape index (κ1) is 14.4. The second-order valence-corrected chi connectivity index (χ2v) is 6.42. The van der Waals surface area contributed by atoms with Gasteiger partial charge < -0.3 is 10.2 Å². The fourth-order valence-corrected chi connectivity index (χ4v) is 2.84. The molecule has 2 heterocycles. The Kier molecular flexibility index (Phi) is 3.27. The molecule has 0 fully saturated rings. The van der Waals surface area contributed by atoms with Crippen molar-refractivity contribution in [1.29, 1.82) is 0 Å². The summed E-state index contributed by atoms with van der Waals surface area (Å²) in [7, 11) is -2.47. The molecule has 3 rings (SSSR count).